The average molecular weight is 432 g/mol. The van der Waals surface area contributed by atoms with E-state index in [2.05, 4.69) is 34.9 Å². The second-order valence-electron chi connectivity index (χ2n) is 8.15. The molecule has 9 heteroatoms. The van der Waals surface area contributed by atoms with Gasteiger partial charge in [0.2, 0.25) is 0 Å². The number of aryl methyl sites for hydroxylation is 1. The lowest BCUT2D eigenvalue weighted by atomic mass is 10.0. The molecular formula is C22H31F2N7. The monoisotopic (exact) mass is 431 g/mol. The number of hydrogen-bond acceptors (Lipinski definition) is 4. The van der Waals surface area contributed by atoms with Gasteiger partial charge >= 0.3 is 0 Å². The number of guanidine groups is 1. The maximum atomic E-state index is 14.3. The Hall–Kier alpha value is -2.55. The van der Waals surface area contributed by atoms with Crippen molar-refractivity contribution in [2.24, 2.45) is 4.99 Å². The Bertz CT molecular complexity index is 919. The molecule has 1 aromatic carbocycles. The summed E-state index contributed by atoms with van der Waals surface area (Å²) in [6, 6.07) is 3.83. The van der Waals surface area contributed by atoms with E-state index < -0.39 is 11.6 Å². The van der Waals surface area contributed by atoms with E-state index >= 15 is 0 Å². The van der Waals surface area contributed by atoms with Gasteiger partial charge in [-0.05, 0) is 25.3 Å². The smallest absolute Gasteiger partial charge is 0.194 e. The summed E-state index contributed by atoms with van der Waals surface area (Å²) in [5.74, 6) is 1.86. The van der Waals surface area contributed by atoms with Crippen molar-refractivity contribution in [2.75, 3.05) is 33.2 Å². The molecule has 1 saturated heterocycles. The summed E-state index contributed by atoms with van der Waals surface area (Å²) < 4.78 is 29.9. The van der Waals surface area contributed by atoms with Crippen LogP contribution in [0.4, 0.5) is 8.78 Å². The molecule has 0 saturated carbocycles. The molecule has 168 valence electrons. The molecule has 4 rings (SSSR count). The van der Waals surface area contributed by atoms with Crippen LogP contribution in [0.3, 0.4) is 0 Å². The molecule has 1 aromatic heterocycles. The molecule has 0 aliphatic carbocycles. The molecule has 2 aromatic rings. The van der Waals surface area contributed by atoms with Crippen LogP contribution in [0, 0.1) is 11.6 Å². The molecule has 2 aliphatic heterocycles. The van der Waals surface area contributed by atoms with Crippen molar-refractivity contribution in [2.45, 2.75) is 51.7 Å². The minimum Gasteiger partial charge on any atom is -0.349 e. The van der Waals surface area contributed by atoms with Crippen LogP contribution in [-0.2, 0) is 19.5 Å². The third-order valence-corrected chi connectivity index (χ3v) is 6.32. The summed E-state index contributed by atoms with van der Waals surface area (Å²) in [6.45, 7) is 6.77. The van der Waals surface area contributed by atoms with Crippen LogP contribution in [0.5, 0.6) is 0 Å². The van der Waals surface area contributed by atoms with E-state index in [0.29, 0.717) is 12.1 Å². The van der Waals surface area contributed by atoms with Gasteiger partial charge in [-0.25, -0.2) is 8.78 Å². The highest BCUT2D eigenvalue weighted by atomic mass is 19.1. The van der Waals surface area contributed by atoms with Crippen molar-refractivity contribution in [3.63, 3.8) is 0 Å². The van der Waals surface area contributed by atoms with Crippen molar-refractivity contribution >= 4 is 5.96 Å². The Morgan fingerprint density at radius 1 is 1.13 bits per heavy atom. The van der Waals surface area contributed by atoms with Gasteiger partial charge in [0.15, 0.2) is 11.8 Å². The van der Waals surface area contributed by atoms with Gasteiger partial charge in [-0.1, -0.05) is 13.0 Å². The largest absolute Gasteiger partial charge is 0.349 e. The van der Waals surface area contributed by atoms with Crippen molar-refractivity contribution in [3.05, 3.63) is 47.0 Å². The molecule has 2 aliphatic rings. The summed E-state index contributed by atoms with van der Waals surface area (Å²) in [4.78, 5) is 8.94. The Morgan fingerprint density at radius 2 is 1.94 bits per heavy atom. The van der Waals surface area contributed by atoms with Gasteiger partial charge in [-0.3, -0.25) is 9.89 Å². The fraction of sp³-hybridized carbons (Fsp3) is 0.591. The maximum absolute atomic E-state index is 14.3. The first-order chi connectivity index (χ1) is 15.1. The van der Waals surface area contributed by atoms with Crippen LogP contribution in [0.2, 0.25) is 0 Å². The van der Waals surface area contributed by atoms with Crippen molar-refractivity contribution in [1.29, 1.82) is 0 Å². The molecule has 7 nitrogen and oxygen atoms in total. The minimum atomic E-state index is -0.537. The zero-order valence-electron chi connectivity index (χ0n) is 18.3. The Kier molecular flexibility index (Phi) is 6.80. The number of fused-ring (bicyclic) bond motifs is 1. The zero-order valence-corrected chi connectivity index (χ0v) is 18.3. The van der Waals surface area contributed by atoms with Crippen LogP contribution in [-0.4, -0.2) is 63.8 Å². The second kappa shape index (κ2) is 9.72. The van der Waals surface area contributed by atoms with Gasteiger partial charge in [-0.2, -0.15) is 0 Å². The highest BCUT2D eigenvalue weighted by Gasteiger charge is 2.27. The van der Waals surface area contributed by atoms with Gasteiger partial charge < -0.3 is 14.8 Å². The van der Waals surface area contributed by atoms with E-state index in [1.807, 2.05) is 6.92 Å². The van der Waals surface area contributed by atoms with Crippen molar-refractivity contribution in [1.82, 2.24) is 29.9 Å². The first kappa shape index (κ1) is 21.7. The summed E-state index contributed by atoms with van der Waals surface area (Å²) in [5, 5.41) is 12.1. The minimum absolute atomic E-state index is 0.0553. The van der Waals surface area contributed by atoms with Gasteiger partial charge in [0.25, 0.3) is 0 Å². The normalized spacial score (nSPS) is 18.7. The van der Waals surface area contributed by atoms with Gasteiger partial charge in [-0.15, -0.1) is 10.2 Å². The molecule has 3 heterocycles. The topological polar surface area (TPSA) is 61.6 Å². The predicted molar refractivity (Wildman–Crippen MR) is 116 cm³/mol. The fourth-order valence-corrected chi connectivity index (χ4v) is 4.68. The molecule has 1 fully saturated rings. The molecule has 0 amide bonds. The number of benzene rings is 1. The summed E-state index contributed by atoms with van der Waals surface area (Å²) in [5.41, 5.74) is 0.566. The van der Waals surface area contributed by atoms with Crippen LogP contribution in [0.1, 0.15) is 49.4 Å². The highest BCUT2D eigenvalue weighted by Crippen LogP contribution is 2.28. The van der Waals surface area contributed by atoms with E-state index in [1.54, 1.807) is 13.1 Å². The Morgan fingerprint density at radius 3 is 2.65 bits per heavy atom. The van der Waals surface area contributed by atoms with Crippen LogP contribution >= 0.6 is 0 Å². The van der Waals surface area contributed by atoms with E-state index in [-0.39, 0.29) is 6.04 Å². The van der Waals surface area contributed by atoms with Crippen LogP contribution < -0.4 is 5.32 Å². The molecule has 0 bridgehead atoms. The summed E-state index contributed by atoms with van der Waals surface area (Å²) in [7, 11) is 1.79. The van der Waals surface area contributed by atoms with E-state index in [9.17, 15) is 8.78 Å². The lowest BCUT2D eigenvalue weighted by Crippen LogP contribution is -2.53. The lowest BCUT2D eigenvalue weighted by Gasteiger charge is -2.40. The fourth-order valence-electron chi connectivity index (χ4n) is 4.68. The third kappa shape index (κ3) is 4.71. The number of piperazine rings is 1. The maximum Gasteiger partial charge on any atom is 0.194 e. The zero-order chi connectivity index (χ0) is 21.8. The molecule has 0 spiro atoms. The molecule has 1 N–H and O–H groups in total. The lowest BCUT2D eigenvalue weighted by molar-refractivity contribution is 0.124. The van der Waals surface area contributed by atoms with Crippen molar-refractivity contribution < 1.29 is 8.78 Å². The quantitative estimate of drug-likeness (QED) is 0.583. The van der Waals surface area contributed by atoms with Crippen LogP contribution in [0.25, 0.3) is 0 Å². The van der Waals surface area contributed by atoms with E-state index in [0.717, 1.165) is 69.2 Å². The molecule has 0 radical (unpaired) electrons. The van der Waals surface area contributed by atoms with Gasteiger partial charge in [0, 0.05) is 63.9 Å². The SMILES string of the molecule is CCC(c1ccc(F)cc1F)N1CCN(C(=NC)NCc2nnc3n2CCCC3)CC1. The standard InChI is InChI=1S/C22H31F2N7/c1-3-19(17-8-7-16(23)14-18(17)24)29-10-12-30(13-11-29)22(25-2)26-15-21-28-27-20-6-4-5-9-31(20)21/h7-8,14,19H,3-6,9-13,15H2,1-2H3,(H,25,26). The number of nitrogens with one attached hydrogen (secondary N) is 1. The summed E-state index contributed by atoms with van der Waals surface area (Å²) >= 11 is 0. The molecule has 1 atom stereocenters. The van der Waals surface area contributed by atoms with E-state index in [4.69, 9.17) is 0 Å². The molecule has 1 unspecified atom stereocenters. The number of hydrogen-bond donors (Lipinski definition) is 1. The number of rotatable bonds is 5. The van der Waals surface area contributed by atoms with Gasteiger partial charge in [0.05, 0.1) is 6.54 Å². The Balaban J connectivity index is 1.35. The van der Waals surface area contributed by atoms with Crippen LogP contribution in [0.15, 0.2) is 23.2 Å². The number of halogens is 2. The number of aromatic nitrogens is 3. The van der Waals surface area contributed by atoms with Gasteiger partial charge in [0.1, 0.15) is 17.5 Å². The average Bonchev–Trinajstić information content (AvgIpc) is 3.20. The number of nitrogens with zero attached hydrogens (tertiary/aromatic N) is 6. The summed E-state index contributed by atoms with van der Waals surface area (Å²) in [6.07, 6.45) is 4.12. The molecular weight excluding hydrogens is 400 g/mol. The van der Waals surface area contributed by atoms with E-state index in [1.165, 1.54) is 18.9 Å². The number of aliphatic imine (C=N–C) groups is 1. The highest BCUT2D eigenvalue weighted by molar-refractivity contribution is 5.79. The Labute approximate surface area is 182 Å². The predicted octanol–water partition coefficient (Wildman–Crippen LogP) is 2.74. The molecule has 31 heavy (non-hydrogen) atoms. The first-order valence-corrected chi connectivity index (χ1v) is 11.2. The van der Waals surface area contributed by atoms with Crippen molar-refractivity contribution in [3.8, 4) is 0 Å². The first-order valence-electron chi connectivity index (χ1n) is 11.2. The second-order valence-corrected chi connectivity index (χ2v) is 8.15. The third-order valence-electron chi connectivity index (χ3n) is 6.32.